The monoisotopic (exact) mass is 396 g/mol. The number of methoxy groups -OCH3 is 2. The summed E-state index contributed by atoms with van der Waals surface area (Å²) in [6.45, 7) is 1.51. The van der Waals surface area contributed by atoms with Crippen LogP contribution in [0, 0.1) is 0 Å². The number of amides is 1. The molecule has 3 unspecified atom stereocenters. The van der Waals surface area contributed by atoms with E-state index in [2.05, 4.69) is 45.8 Å². The summed E-state index contributed by atoms with van der Waals surface area (Å²) in [7, 11) is 3.24. The number of benzene rings is 2. The first-order valence-corrected chi connectivity index (χ1v) is 10.0. The minimum atomic E-state index is -0.285. The summed E-state index contributed by atoms with van der Waals surface area (Å²) in [5.74, 6) is 1.38. The minimum absolute atomic E-state index is 0.00494. The Hall–Kier alpha value is -2.61. The molecular weight excluding hydrogens is 368 g/mol. The van der Waals surface area contributed by atoms with Crippen LogP contribution >= 0.6 is 0 Å². The van der Waals surface area contributed by atoms with Crippen LogP contribution in [0.4, 0.5) is 0 Å². The van der Waals surface area contributed by atoms with Crippen LogP contribution in [-0.4, -0.2) is 39.3 Å². The number of hydrogen-bond acceptors (Lipinski definition) is 6. The summed E-state index contributed by atoms with van der Waals surface area (Å²) in [6.07, 6.45) is 1.69. The summed E-state index contributed by atoms with van der Waals surface area (Å²) in [6, 6.07) is 14.1. The van der Waals surface area contributed by atoms with E-state index < -0.39 is 0 Å². The van der Waals surface area contributed by atoms with Crippen LogP contribution in [0.25, 0.3) is 0 Å². The van der Waals surface area contributed by atoms with E-state index in [1.807, 2.05) is 18.2 Å². The van der Waals surface area contributed by atoms with Gasteiger partial charge in [0.1, 0.15) is 6.04 Å². The van der Waals surface area contributed by atoms with Gasteiger partial charge in [0.2, 0.25) is 5.91 Å². The molecule has 0 radical (unpaired) electrons. The Morgan fingerprint density at radius 3 is 2.76 bits per heavy atom. The van der Waals surface area contributed by atoms with E-state index >= 15 is 0 Å². The first-order valence-electron chi connectivity index (χ1n) is 10.0. The van der Waals surface area contributed by atoms with E-state index in [-0.39, 0.29) is 24.0 Å². The van der Waals surface area contributed by atoms with E-state index in [9.17, 15) is 4.79 Å². The van der Waals surface area contributed by atoms with Crippen molar-refractivity contribution in [3.8, 4) is 11.5 Å². The summed E-state index contributed by atoms with van der Waals surface area (Å²) in [5.41, 5.74) is 10.0. The summed E-state index contributed by atoms with van der Waals surface area (Å²) < 4.78 is 10.7. The van der Waals surface area contributed by atoms with E-state index in [0.29, 0.717) is 24.5 Å². The van der Waals surface area contributed by atoms with Crippen molar-refractivity contribution in [2.45, 2.75) is 31.0 Å². The first-order chi connectivity index (χ1) is 14.2. The van der Waals surface area contributed by atoms with Gasteiger partial charge in [0.05, 0.1) is 14.2 Å². The van der Waals surface area contributed by atoms with Crippen LogP contribution in [0.2, 0.25) is 0 Å². The fourth-order valence-corrected chi connectivity index (χ4v) is 4.12. The zero-order valence-corrected chi connectivity index (χ0v) is 16.8. The topological polar surface area (TPSA) is 83.7 Å². The Balaban J connectivity index is 1.35. The van der Waals surface area contributed by atoms with Gasteiger partial charge in [0, 0.05) is 18.6 Å². The van der Waals surface area contributed by atoms with Gasteiger partial charge in [-0.15, -0.1) is 0 Å². The summed E-state index contributed by atoms with van der Waals surface area (Å²) in [5, 5.41) is 6.60. The molecule has 7 heteroatoms. The Labute approximate surface area is 171 Å². The van der Waals surface area contributed by atoms with Crippen molar-refractivity contribution in [2.75, 3.05) is 27.3 Å². The molecule has 0 saturated carbocycles. The van der Waals surface area contributed by atoms with Crippen LogP contribution in [0.1, 0.15) is 35.2 Å². The van der Waals surface area contributed by atoms with E-state index in [1.54, 1.807) is 14.2 Å². The fraction of sp³-hybridized carbons (Fsp3) is 0.409. The van der Waals surface area contributed by atoms with Gasteiger partial charge in [-0.1, -0.05) is 30.3 Å². The van der Waals surface area contributed by atoms with Crippen molar-refractivity contribution >= 4 is 5.91 Å². The van der Waals surface area contributed by atoms with Crippen molar-refractivity contribution in [2.24, 2.45) is 0 Å². The van der Waals surface area contributed by atoms with Crippen LogP contribution in [0.3, 0.4) is 0 Å². The molecule has 2 aliphatic rings. The van der Waals surface area contributed by atoms with Gasteiger partial charge in [0.15, 0.2) is 11.5 Å². The molecule has 1 fully saturated rings. The lowest BCUT2D eigenvalue weighted by molar-refractivity contribution is -0.123. The lowest BCUT2D eigenvalue weighted by Crippen LogP contribution is -2.46. The highest BCUT2D eigenvalue weighted by Gasteiger charge is 2.31. The van der Waals surface area contributed by atoms with Gasteiger partial charge in [0.25, 0.3) is 0 Å². The van der Waals surface area contributed by atoms with Crippen LogP contribution in [-0.2, 0) is 11.2 Å². The van der Waals surface area contributed by atoms with Crippen molar-refractivity contribution in [3.05, 3.63) is 59.2 Å². The molecule has 0 bridgehead atoms. The third kappa shape index (κ3) is 4.22. The Bertz CT molecular complexity index is 873. The second-order valence-electron chi connectivity index (χ2n) is 7.44. The van der Waals surface area contributed by atoms with Crippen molar-refractivity contribution < 1.29 is 14.3 Å². The molecule has 2 aromatic carbocycles. The number of rotatable bonds is 6. The number of ether oxygens (including phenoxy) is 2. The van der Waals surface area contributed by atoms with Gasteiger partial charge < -0.3 is 20.1 Å². The van der Waals surface area contributed by atoms with Crippen LogP contribution in [0.5, 0.6) is 11.5 Å². The SMILES string of the molecule is COc1ccc(C2CC(C(=O)NCC3NCCc4ccccc43)NN2)cc1OC. The highest BCUT2D eigenvalue weighted by atomic mass is 16.5. The molecular formula is C22H28N4O3. The molecule has 7 nitrogen and oxygen atoms in total. The van der Waals surface area contributed by atoms with Crippen LogP contribution < -0.4 is 31.0 Å². The van der Waals surface area contributed by atoms with Gasteiger partial charge in [-0.3, -0.25) is 4.79 Å². The van der Waals surface area contributed by atoms with Crippen molar-refractivity contribution in [1.29, 1.82) is 0 Å². The molecule has 2 aromatic rings. The summed E-state index contributed by atoms with van der Waals surface area (Å²) >= 11 is 0. The summed E-state index contributed by atoms with van der Waals surface area (Å²) in [4.78, 5) is 12.7. The molecule has 4 N–H and O–H groups in total. The number of carbonyl (C=O) groups is 1. The average molecular weight is 396 g/mol. The number of hydrogen-bond donors (Lipinski definition) is 4. The van der Waals surface area contributed by atoms with Gasteiger partial charge >= 0.3 is 0 Å². The number of nitrogens with one attached hydrogen (secondary N) is 4. The van der Waals surface area contributed by atoms with Gasteiger partial charge in [-0.05, 0) is 48.2 Å². The minimum Gasteiger partial charge on any atom is -0.493 e. The molecule has 3 atom stereocenters. The Morgan fingerprint density at radius 2 is 1.93 bits per heavy atom. The molecule has 1 saturated heterocycles. The molecule has 1 amide bonds. The lowest BCUT2D eigenvalue weighted by Gasteiger charge is -2.27. The second kappa shape index (κ2) is 8.82. The fourth-order valence-electron chi connectivity index (χ4n) is 4.12. The normalized spacial score (nSPS) is 23.3. The zero-order valence-electron chi connectivity index (χ0n) is 16.8. The maximum Gasteiger partial charge on any atom is 0.238 e. The smallest absolute Gasteiger partial charge is 0.238 e. The maximum absolute atomic E-state index is 12.7. The lowest BCUT2D eigenvalue weighted by atomic mass is 9.94. The number of carbonyl (C=O) groups excluding carboxylic acids is 1. The number of fused-ring (bicyclic) bond motifs is 1. The molecule has 4 rings (SSSR count). The number of hydrazine groups is 1. The van der Waals surface area contributed by atoms with E-state index in [0.717, 1.165) is 18.5 Å². The van der Waals surface area contributed by atoms with E-state index in [1.165, 1.54) is 11.1 Å². The predicted molar refractivity (Wildman–Crippen MR) is 111 cm³/mol. The quantitative estimate of drug-likeness (QED) is 0.594. The maximum atomic E-state index is 12.7. The first kappa shape index (κ1) is 19.7. The highest BCUT2D eigenvalue weighted by molar-refractivity contribution is 5.82. The Morgan fingerprint density at radius 1 is 1.10 bits per heavy atom. The zero-order chi connectivity index (χ0) is 20.2. The highest BCUT2D eigenvalue weighted by Crippen LogP contribution is 2.32. The Kier molecular flexibility index (Phi) is 5.99. The average Bonchev–Trinajstić information content (AvgIpc) is 3.27. The van der Waals surface area contributed by atoms with Gasteiger partial charge in [-0.25, -0.2) is 10.9 Å². The van der Waals surface area contributed by atoms with Crippen molar-refractivity contribution in [1.82, 2.24) is 21.5 Å². The molecule has 0 spiro atoms. The van der Waals surface area contributed by atoms with E-state index in [4.69, 9.17) is 9.47 Å². The van der Waals surface area contributed by atoms with Gasteiger partial charge in [-0.2, -0.15) is 0 Å². The molecule has 0 aliphatic carbocycles. The molecule has 29 heavy (non-hydrogen) atoms. The standard InChI is InChI=1S/C22H28N4O3/c1-28-20-8-7-15(11-21(20)29-2)17-12-18(26-25-17)22(27)24-13-19-16-6-4-3-5-14(16)9-10-23-19/h3-8,11,17-19,23,25-26H,9-10,12-13H2,1-2H3,(H,24,27). The molecule has 154 valence electrons. The third-order valence-corrected chi connectivity index (χ3v) is 5.73. The van der Waals surface area contributed by atoms with Crippen molar-refractivity contribution in [3.63, 3.8) is 0 Å². The molecule has 0 aromatic heterocycles. The molecule has 2 aliphatic heterocycles. The third-order valence-electron chi connectivity index (χ3n) is 5.73. The predicted octanol–water partition coefficient (Wildman–Crippen LogP) is 1.61. The molecule has 2 heterocycles. The largest absolute Gasteiger partial charge is 0.493 e. The van der Waals surface area contributed by atoms with Crippen LogP contribution in [0.15, 0.2) is 42.5 Å². The second-order valence-corrected chi connectivity index (χ2v) is 7.44.